The molecule has 0 atom stereocenters. The normalized spacial score (nSPS) is 12.6. The van der Waals surface area contributed by atoms with Crippen LogP contribution in [-0.2, 0) is 6.54 Å². The van der Waals surface area contributed by atoms with E-state index in [2.05, 4.69) is 36.5 Å². The van der Waals surface area contributed by atoms with Gasteiger partial charge in [-0.05, 0) is 48.4 Å². The van der Waals surface area contributed by atoms with Crippen molar-refractivity contribution in [2.24, 2.45) is 0 Å². The van der Waals surface area contributed by atoms with Crippen molar-refractivity contribution in [2.75, 3.05) is 6.79 Å². The number of carbonyl (C=O) groups excluding carboxylic acids is 1. The summed E-state index contributed by atoms with van der Waals surface area (Å²) in [6.07, 6.45) is 0. The Balaban J connectivity index is 1.38. The zero-order valence-electron chi connectivity index (χ0n) is 14.6. The molecule has 0 fully saturated rings. The molecule has 0 radical (unpaired) electrons. The number of pyridine rings is 1. The van der Waals surface area contributed by atoms with Gasteiger partial charge in [0.15, 0.2) is 11.5 Å². The van der Waals surface area contributed by atoms with Crippen LogP contribution >= 0.6 is 11.3 Å². The molecule has 0 aliphatic carbocycles. The SMILES string of the molecule is Cc1ccc2cc3cc(C(=O)NCc4ccc5c(c4)OCO5)sc3nc2c1. The Kier molecular flexibility index (Phi) is 3.72. The first kappa shape index (κ1) is 16.1. The Hall–Kier alpha value is -3.12. The van der Waals surface area contributed by atoms with E-state index >= 15 is 0 Å². The van der Waals surface area contributed by atoms with Gasteiger partial charge in [0.1, 0.15) is 4.83 Å². The standard InChI is InChI=1S/C21H16N2O3S/c1-12-2-4-14-8-15-9-19(27-21(15)23-16(14)6-12)20(24)22-10-13-3-5-17-18(7-13)26-11-25-17/h2-9H,10-11H2,1H3,(H,22,24). The predicted molar refractivity (Wildman–Crippen MR) is 106 cm³/mol. The highest BCUT2D eigenvalue weighted by Crippen LogP contribution is 2.32. The maximum Gasteiger partial charge on any atom is 0.261 e. The van der Waals surface area contributed by atoms with Crippen LogP contribution in [0.15, 0.2) is 48.5 Å². The second-order valence-corrected chi connectivity index (χ2v) is 7.59. The molecule has 5 rings (SSSR count). The number of rotatable bonds is 3. The second-order valence-electron chi connectivity index (χ2n) is 6.56. The molecule has 1 N–H and O–H groups in total. The number of amides is 1. The van der Waals surface area contributed by atoms with Gasteiger partial charge in [0.05, 0.1) is 10.4 Å². The van der Waals surface area contributed by atoms with Crippen molar-refractivity contribution in [1.29, 1.82) is 0 Å². The van der Waals surface area contributed by atoms with Crippen LogP contribution in [0.2, 0.25) is 0 Å². The number of fused-ring (bicyclic) bond motifs is 3. The average Bonchev–Trinajstić information content (AvgIpc) is 3.30. The first-order chi connectivity index (χ1) is 13.2. The number of aryl methyl sites for hydroxylation is 1. The molecule has 1 aliphatic heterocycles. The number of nitrogens with one attached hydrogen (secondary N) is 1. The number of benzene rings is 2. The van der Waals surface area contributed by atoms with E-state index in [-0.39, 0.29) is 12.7 Å². The van der Waals surface area contributed by atoms with Gasteiger partial charge in [-0.1, -0.05) is 18.2 Å². The molecule has 134 valence electrons. The first-order valence-electron chi connectivity index (χ1n) is 8.63. The molecular weight excluding hydrogens is 360 g/mol. The van der Waals surface area contributed by atoms with E-state index in [4.69, 9.17) is 14.5 Å². The summed E-state index contributed by atoms with van der Waals surface area (Å²) in [6, 6.07) is 15.9. The lowest BCUT2D eigenvalue weighted by Crippen LogP contribution is -2.21. The summed E-state index contributed by atoms with van der Waals surface area (Å²) in [5.41, 5.74) is 3.09. The van der Waals surface area contributed by atoms with Crippen molar-refractivity contribution in [2.45, 2.75) is 13.5 Å². The van der Waals surface area contributed by atoms with Gasteiger partial charge in [0.25, 0.3) is 5.91 Å². The minimum absolute atomic E-state index is 0.101. The Morgan fingerprint density at radius 1 is 1.07 bits per heavy atom. The summed E-state index contributed by atoms with van der Waals surface area (Å²) >= 11 is 1.41. The van der Waals surface area contributed by atoms with Crippen molar-refractivity contribution in [3.8, 4) is 11.5 Å². The molecule has 1 amide bonds. The fourth-order valence-electron chi connectivity index (χ4n) is 3.17. The zero-order valence-corrected chi connectivity index (χ0v) is 15.4. The molecule has 5 nitrogen and oxygen atoms in total. The van der Waals surface area contributed by atoms with Gasteiger partial charge in [-0.25, -0.2) is 4.98 Å². The molecule has 0 bridgehead atoms. The van der Waals surface area contributed by atoms with Gasteiger partial charge in [0, 0.05) is 17.3 Å². The first-order valence-corrected chi connectivity index (χ1v) is 9.45. The molecular formula is C21H16N2O3S. The molecule has 4 aromatic rings. The van der Waals surface area contributed by atoms with Crippen LogP contribution in [-0.4, -0.2) is 17.7 Å². The summed E-state index contributed by atoms with van der Waals surface area (Å²) in [4.78, 5) is 18.8. The topological polar surface area (TPSA) is 60.5 Å². The minimum atomic E-state index is -0.101. The molecule has 6 heteroatoms. The highest BCUT2D eigenvalue weighted by molar-refractivity contribution is 7.20. The summed E-state index contributed by atoms with van der Waals surface area (Å²) < 4.78 is 10.7. The highest BCUT2D eigenvalue weighted by Gasteiger charge is 2.15. The summed E-state index contributed by atoms with van der Waals surface area (Å²) in [7, 11) is 0. The number of carbonyl (C=O) groups is 1. The molecule has 2 aromatic carbocycles. The number of ether oxygens (including phenoxy) is 2. The van der Waals surface area contributed by atoms with Gasteiger partial charge in [-0.15, -0.1) is 11.3 Å². The van der Waals surface area contributed by atoms with Crippen molar-refractivity contribution >= 4 is 38.4 Å². The van der Waals surface area contributed by atoms with Crippen LogP contribution in [0, 0.1) is 6.92 Å². The van der Waals surface area contributed by atoms with Gasteiger partial charge in [-0.2, -0.15) is 0 Å². The Bertz CT molecular complexity index is 1200. The monoisotopic (exact) mass is 376 g/mol. The largest absolute Gasteiger partial charge is 0.454 e. The van der Waals surface area contributed by atoms with Crippen molar-refractivity contribution < 1.29 is 14.3 Å². The lowest BCUT2D eigenvalue weighted by Gasteiger charge is -2.04. The minimum Gasteiger partial charge on any atom is -0.454 e. The Morgan fingerprint density at radius 3 is 2.89 bits per heavy atom. The Labute approximate surface area is 159 Å². The Morgan fingerprint density at radius 2 is 1.96 bits per heavy atom. The third kappa shape index (κ3) is 2.98. The molecule has 0 unspecified atom stereocenters. The van der Waals surface area contributed by atoms with Crippen molar-refractivity contribution in [3.63, 3.8) is 0 Å². The zero-order chi connectivity index (χ0) is 18.4. The van der Waals surface area contributed by atoms with E-state index in [9.17, 15) is 4.79 Å². The van der Waals surface area contributed by atoms with Gasteiger partial charge >= 0.3 is 0 Å². The fourth-order valence-corrected chi connectivity index (χ4v) is 4.11. The number of hydrogen-bond donors (Lipinski definition) is 1. The van der Waals surface area contributed by atoms with E-state index in [0.717, 1.165) is 38.2 Å². The average molecular weight is 376 g/mol. The molecule has 0 spiro atoms. The van der Waals surface area contributed by atoms with Crippen LogP contribution in [0.3, 0.4) is 0 Å². The number of hydrogen-bond acceptors (Lipinski definition) is 5. The predicted octanol–water partition coefficient (Wildman–Crippen LogP) is 4.42. The molecule has 27 heavy (non-hydrogen) atoms. The highest BCUT2D eigenvalue weighted by atomic mass is 32.1. The summed E-state index contributed by atoms with van der Waals surface area (Å²) in [6.45, 7) is 2.72. The molecule has 2 aromatic heterocycles. The number of nitrogens with zero attached hydrogens (tertiary/aromatic N) is 1. The number of aromatic nitrogens is 1. The molecule has 0 saturated heterocycles. The van der Waals surface area contributed by atoms with Crippen LogP contribution < -0.4 is 14.8 Å². The van der Waals surface area contributed by atoms with Crippen LogP contribution in [0.5, 0.6) is 11.5 Å². The lowest BCUT2D eigenvalue weighted by molar-refractivity contribution is 0.0955. The van der Waals surface area contributed by atoms with Crippen molar-refractivity contribution in [3.05, 3.63) is 64.5 Å². The second kappa shape index (κ2) is 6.25. The fraction of sp³-hybridized carbons (Fsp3) is 0.143. The van der Waals surface area contributed by atoms with E-state index in [1.807, 2.05) is 24.3 Å². The third-order valence-corrected chi connectivity index (χ3v) is 5.62. The van der Waals surface area contributed by atoms with E-state index in [1.54, 1.807) is 0 Å². The summed E-state index contributed by atoms with van der Waals surface area (Å²) in [5.74, 6) is 1.36. The molecule has 1 aliphatic rings. The van der Waals surface area contributed by atoms with E-state index < -0.39 is 0 Å². The van der Waals surface area contributed by atoms with E-state index in [1.165, 1.54) is 16.9 Å². The maximum absolute atomic E-state index is 12.6. The smallest absolute Gasteiger partial charge is 0.261 e. The van der Waals surface area contributed by atoms with Gasteiger partial charge in [-0.3, -0.25) is 4.79 Å². The maximum atomic E-state index is 12.6. The van der Waals surface area contributed by atoms with Gasteiger partial charge < -0.3 is 14.8 Å². The molecule has 0 saturated carbocycles. The van der Waals surface area contributed by atoms with Crippen LogP contribution in [0.4, 0.5) is 0 Å². The lowest BCUT2D eigenvalue weighted by atomic mass is 10.1. The van der Waals surface area contributed by atoms with Gasteiger partial charge in [0.2, 0.25) is 6.79 Å². The van der Waals surface area contributed by atoms with Crippen LogP contribution in [0.1, 0.15) is 20.8 Å². The van der Waals surface area contributed by atoms with Crippen LogP contribution in [0.25, 0.3) is 21.1 Å². The van der Waals surface area contributed by atoms with E-state index in [0.29, 0.717) is 11.4 Å². The van der Waals surface area contributed by atoms with Crippen molar-refractivity contribution in [1.82, 2.24) is 10.3 Å². The summed E-state index contributed by atoms with van der Waals surface area (Å²) in [5, 5.41) is 5.04. The quantitative estimate of drug-likeness (QED) is 0.575. The third-order valence-electron chi connectivity index (χ3n) is 4.57. The number of thiophene rings is 1. The molecule has 3 heterocycles.